The second-order valence-corrected chi connectivity index (χ2v) is 4.77. The van der Waals surface area contributed by atoms with E-state index in [9.17, 15) is 9.59 Å². The Bertz CT molecular complexity index is 870. The quantitative estimate of drug-likeness (QED) is 0.756. The number of nitrogens with one attached hydrogen (secondary N) is 2. The smallest absolute Gasteiger partial charge is 0.256 e. The predicted molar refractivity (Wildman–Crippen MR) is 81.5 cm³/mol. The van der Waals surface area contributed by atoms with Crippen LogP contribution in [-0.2, 0) is 0 Å². The van der Waals surface area contributed by atoms with Gasteiger partial charge in [-0.05, 0) is 31.2 Å². The lowest BCUT2D eigenvalue weighted by Crippen LogP contribution is -2.20. The summed E-state index contributed by atoms with van der Waals surface area (Å²) in [4.78, 5) is 24.4. The van der Waals surface area contributed by atoms with Crippen molar-refractivity contribution in [3.63, 3.8) is 0 Å². The predicted octanol–water partition coefficient (Wildman–Crippen LogP) is 2.48. The Morgan fingerprint density at radius 2 is 1.90 bits per heavy atom. The van der Waals surface area contributed by atoms with Gasteiger partial charge in [0, 0.05) is 5.56 Å². The van der Waals surface area contributed by atoms with Gasteiger partial charge in [0.1, 0.15) is 0 Å². The molecule has 3 aromatic rings. The van der Waals surface area contributed by atoms with Gasteiger partial charge < -0.3 is 5.32 Å². The molecule has 0 radical (unpaired) electrons. The summed E-state index contributed by atoms with van der Waals surface area (Å²) in [7, 11) is 0. The van der Waals surface area contributed by atoms with Crippen molar-refractivity contribution in [2.45, 2.75) is 6.92 Å². The van der Waals surface area contributed by atoms with E-state index in [4.69, 9.17) is 0 Å². The van der Waals surface area contributed by atoms with E-state index in [2.05, 4.69) is 15.5 Å². The van der Waals surface area contributed by atoms with Crippen molar-refractivity contribution >= 4 is 22.6 Å². The summed E-state index contributed by atoms with van der Waals surface area (Å²) in [6.07, 6.45) is 0. The molecular weight excluding hydrogens is 266 g/mol. The number of rotatable bonds is 2. The monoisotopic (exact) mass is 279 g/mol. The topological polar surface area (TPSA) is 74.8 Å². The standard InChI is InChI=1S/C16H13N3O2/c1-10-7-8-13-12(9-10)14(20)15(19-18-13)17-16(21)11-5-3-2-4-6-11/h2-9H,1H3,(H,18,20)(H,17,19,21). The van der Waals surface area contributed by atoms with Crippen molar-refractivity contribution < 1.29 is 4.79 Å². The first kappa shape index (κ1) is 13.1. The molecule has 0 aliphatic rings. The molecule has 0 unspecified atom stereocenters. The van der Waals surface area contributed by atoms with Crippen LogP contribution in [0, 0.1) is 6.92 Å². The van der Waals surface area contributed by atoms with Crippen molar-refractivity contribution in [2.24, 2.45) is 0 Å². The SMILES string of the molecule is Cc1ccc2[nH]nc(NC(=O)c3ccccc3)c(=O)c2c1. The number of hydrogen-bond donors (Lipinski definition) is 2. The molecule has 0 saturated carbocycles. The normalized spacial score (nSPS) is 10.5. The summed E-state index contributed by atoms with van der Waals surface area (Å²) >= 11 is 0. The maximum Gasteiger partial charge on any atom is 0.256 e. The average molecular weight is 279 g/mol. The molecule has 104 valence electrons. The minimum atomic E-state index is -0.361. The lowest BCUT2D eigenvalue weighted by Gasteiger charge is -2.05. The molecule has 2 aromatic carbocycles. The van der Waals surface area contributed by atoms with Crippen LogP contribution in [-0.4, -0.2) is 16.1 Å². The maximum atomic E-state index is 12.4. The number of aromatic amines is 1. The fourth-order valence-corrected chi connectivity index (χ4v) is 2.09. The zero-order valence-electron chi connectivity index (χ0n) is 11.4. The Kier molecular flexibility index (Phi) is 3.23. The first-order valence-electron chi connectivity index (χ1n) is 6.50. The van der Waals surface area contributed by atoms with Gasteiger partial charge in [-0.15, -0.1) is 0 Å². The maximum absolute atomic E-state index is 12.4. The molecule has 0 atom stereocenters. The molecule has 0 aliphatic carbocycles. The Morgan fingerprint density at radius 3 is 2.67 bits per heavy atom. The zero-order chi connectivity index (χ0) is 14.8. The molecular formula is C16H13N3O2. The van der Waals surface area contributed by atoms with E-state index in [0.29, 0.717) is 16.5 Å². The first-order valence-corrected chi connectivity index (χ1v) is 6.50. The molecule has 1 heterocycles. The Balaban J connectivity index is 2.00. The molecule has 0 saturated heterocycles. The summed E-state index contributed by atoms with van der Waals surface area (Å²) in [5.41, 5.74) is 1.79. The van der Waals surface area contributed by atoms with Crippen LogP contribution in [0.4, 0.5) is 5.82 Å². The minimum Gasteiger partial charge on any atom is -0.302 e. The highest BCUT2D eigenvalue weighted by Crippen LogP contribution is 2.11. The van der Waals surface area contributed by atoms with E-state index in [0.717, 1.165) is 5.56 Å². The number of hydrogen-bond acceptors (Lipinski definition) is 3. The molecule has 0 fully saturated rings. The summed E-state index contributed by atoms with van der Waals surface area (Å²) in [6.45, 7) is 1.90. The number of aromatic nitrogens is 2. The highest BCUT2D eigenvalue weighted by molar-refractivity contribution is 6.04. The molecule has 0 spiro atoms. The third-order valence-electron chi connectivity index (χ3n) is 3.19. The van der Waals surface area contributed by atoms with E-state index in [-0.39, 0.29) is 17.2 Å². The second-order valence-electron chi connectivity index (χ2n) is 4.77. The molecule has 5 heteroatoms. The first-order chi connectivity index (χ1) is 10.1. The van der Waals surface area contributed by atoms with Crippen LogP contribution < -0.4 is 10.7 Å². The van der Waals surface area contributed by atoms with E-state index in [1.165, 1.54) is 0 Å². The molecule has 0 bridgehead atoms. The number of nitrogens with zero attached hydrogens (tertiary/aromatic N) is 1. The van der Waals surface area contributed by atoms with Crippen LogP contribution in [0.2, 0.25) is 0 Å². The van der Waals surface area contributed by atoms with E-state index >= 15 is 0 Å². The Morgan fingerprint density at radius 1 is 1.14 bits per heavy atom. The van der Waals surface area contributed by atoms with Gasteiger partial charge in [0.15, 0.2) is 0 Å². The molecule has 0 aliphatic heterocycles. The van der Waals surface area contributed by atoms with Crippen LogP contribution in [0.5, 0.6) is 0 Å². The summed E-state index contributed by atoms with van der Waals surface area (Å²) < 4.78 is 0. The van der Waals surface area contributed by atoms with Crippen molar-refractivity contribution in [1.29, 1.82) is 0 Å². The van der Waals surface area contributed by atoms with Gasteiger partial charge in [-0.25, -0.2) is 0 Å². The fourth-order valence-electron chi connectivity index (χ4n) is 2.09. The van der Waals surface area contributed by atoms with E-state index in [1.807, 2.05) is 19.1 Å². The van der Waals surface area contributed by atoms with Crippen LogP contribution in [0.3, 0.4) is 0 Å². The van der Waals surface area contributed by atoms with E-state index in [1.54, 1.807) is 36.4 Å². The van der Waals surface area contributed by atoms with Crippen molar-refractivity contribution in [3.05, 3.63) is 69.9 Å². The number of carbonyl (C=O) groups excluding carboxylic acids is 1. The van der Waals surface area contributed by atoms with Gasteiger partial charge in [-0.2, -0.15) is 5.10 Å². The van der Waals surface area contributed by atoms with Gasteiger partial charge in [0.2, 0.25) is 11.2 Å². The van der Waals surface area contributed by atoms with Crippen LogP contribution in [0.1, 0.15) is 15.9 Å². The van der Waals surface area contributed by atoms with Crippen molar-refractivity contribution in [1.82, 2.24) is 10.2 Å². The number of H-pyrrole nitrogens is 1. The lowest BCUT2D eigenvalue weighted by atomic mass is 10.1. The van der Waals surface area contributed by atoms with Gasteiger partial charge in [-0.3, -0.25) is 14.7 Å². The molecule has 1 aromatic heterocycles. The van der Waals surface area contributed by atoms with Crippen LogP contribution in [0.25, 0.3) is 10.9 Å². The molecule has 1 amide bonds. The molecule has 3 rings (SSSR count). The third-order valence-corrected chi connectivity index (χ3v) is 3.19. The van der Waals surface area contributed by atoms with Crippen molar-refractivity contribution in [3.8, 4) is 0 Å². The van der Waals surface area contributed by atoms with Gasteiger partial charge in [-0.1, -0.05) is 29.8 Å². The van der Waals surface area contributed by atoms with Gasteiger partial charge >= 0.3 is 0 Å². The number of fused-ring (bicyclic) bond motifs is 1. The molecule has 21 heavy (non-hydrogen) atoms. The Hall–Kier alpha value is -2.95. The lowest BCUT2D eigenvalue weighted by molar-refractivity contribution is 0.102. The van der Waals surface area contributed by atoms with E-state index < -0.39 is 0 Å². The fraction of sp³-hybridized carbons (Fsp3) is 0.0625. The van der Waals surface area contributed by atoms with Gasteiger partial charge in [0.05, 0.1) is 10.9 Å². The third kappa shape index (κ3) is 2.53. The van der Waals surface area contributed by atoms with Crippen molar-refractivity contribution in [2.75, 3.05) is 5.32 Å². The largest absolute Gasteiger partial charge is 0.302 e. The van der Waals surface area contributed by atoms with Gasteiger partial charge in [0.25, 0.3) is 5.91 Å². The summed E-state index contributed by atoms with van der Waals surface area (Å²) in [5, 5.41) is 9.76. The highest BCUT2D eigenvalue weighted by Gasteiger charge is 2.11. The zero-order valence-corrected chi connectivity index (χ0v) is 11.4. The summed E-state index contributed by atoms with van der Waals surface area (Å²) in [6, 6.07) is 14.1. The molecule has 5 nitrogen and oxygen atoms in total. The number of aryl methyl sites for hydroxylation is 1. The summed E-state index contributed by atoms with van der Waals surface area (Å²) in [5.74, 6) is -0.359. The average Bonchev–Trinajstić information content (AvgIpc) is 2.51. The number of amides is 1. The number of anilines is 1. The highest BCUT2D eigenvalue weighted by atomic mass is 16.2. The second kappa shape index (κ2) is 5.20. The van der Waals surface area contributed by atoms with Crippen LogP contribution in [0.15, 0.2) is 53.3 Å². The molecule has 2 N–H and O–H groups in total. The Labute approximate surface area is 120 Å². The number of carbonyl (C=O) groups is 1. The van der Waals surface area contributed by atoms with Crippen LogP contribution >= 0.6 is 0 Å². The minimum absolute atomic E-state index is 0.00181. The number of benzene rings is 2.